The van der Waals surface area contributed by atoms with Crippen molar-refractivity contribution >= 4 is 31.8 Å². The van der Waals surface area contributed by atoms with E-state index in [9.17, 15) is 13.0 Å². The van der Waals surface area contributed by atoms with Crippen LogP contribution in [0, 0.1) is 0 Å². The molecule has 1 heterocycles. The van der Waals surface area contributed by atoms with Gasteiger partial charge in [0.15, 0.2) is 6.20 Å². The topological polar surface area (TPSA) is 61.1 Å². The second-order valence-corrected chi connectivity index (χ2v) is 6.96. The molecule has 0 N–H and O–H groups in total. The lowest BCUT2D eigenvalue weighted by Gasteiger charge is -2.09. The van der Waals surface area contributed by atoms with Gasteiger partial charge in [0.25, 0.3) is 0 Å². The van der Waals surface area contributed by atoms with Gasteiger partial charge in [0, 0.05) is 17.5 Å². The second kappa shape index (κ2) is 7.01. The fourth-order valence-electron chi connectivity index (χ4n) is 2.72. The lowest BCUT2D eigenvalue weighted by Crippen LogP contribution is -2.27. The minimum atomic E-state index is -4.38. The monoisotopic (exact) mass is 351 g/mol. The first-order chi connectivity index (χ1) is 12.0. The Bertz CT molecular complexity index is 1130. The number of hydrogen-bond acceptors (Lipinski definition) is 3. The molecule has 0 saturated heterocycles. The predicted molar refractivity (Wildman–Crippen MR) is 97.0 cm³/mol. The second-order valence-electron chi connectivity index (χ2n) is 5.61. The van der Waals surface area contributed by atoms with Crippen LogP contribution in [0.4, 0.5) is 0 Å². The van der Waals surface area contributed by atoms with Gasteiger partial charge in [-0.15, -0.1) is 0 Å². The Hall–Kier alpha value is -2.76. The fraction of sp³-hybridized carbons (Fsp3) is 0.0500. The Morgan fingerprint density at radius 3 is 2.08 bits per heavy atom. The molecule has 0 spiro atoms. The number of aromatic nitrogens is 1. The third kappa shape index (κ3) is 3.84. The number of rotatable bonds is 1. The first-order valence-electron chi connectivity index (χ1n) is 7.74. The Morgan fingerprint density at radius 1 is 0.760 bits per heavy atom. The molecule has 0 aliphatic rings. The highest BCUT2D eigenvalue weighted by Crippen LogP contribution is 2.21. The van der Waals surface area contributed by atoms with E-state index in [4.69, 9.17) is 0 Å². The number of fused-ring (bicyclic) bond motifs is 2. The largest absolute Gasteiger partial charge is 0.744 e. The van der Waals surface area contributed by atoms with Crippen LogP contribution in [0.2, 0.25) is 0 Å². The Balaban J connectivity index is 0.000000150. The summed E-state index contributed by atoms with van der Waals surface area (Å²) in [7, 11) is -2.32. The summed E-state index contributed by atoms with van der Waals surface area (Å²) in [5.74, 6) is 0. The average molecular weight is 351 g/mol. The van der Waals surface area contributed by atoms with Crippen LogP contribution in [0.25, 0.3) is 21.7 Å². The number of pyridine rings is 1. The molecule has 4 rings (SSSR count). The van der Waals surface area contributed by atoms with E-state index in [2.05, 4.69) is 54.2 Å². The lowest BCUT2D eigenvalue weighted by atomic mass is 10.1. The van der Waals surface area contributed by atoms with Crippen LogP contribution >= 0.6 is 0 Å². The van der Waals surface area contributed by atoms with Crippen LogP contribution in [0.15, 0.2) is 90.0 Å². The van der Waals surface area contributed by atoms with Crippen molar-refractivity contribution in [3.8, 4) is 0 Å². The summed E-state index contributed by atoms with van der Waals surface area (Å²) in [5, 5.41) is 2.52. The van der Waals surface area contributed by atoms with E-state index in [1.807, 2.05) is 0 Å². The maximum atomic E-state index is 10.9. The van der Waals surface area contributed by atoms with E-state index in [1.54, 1.807) is 36.4 Å². The third-order valence-corrected chi connectivity index (χ3v) is 4.82. The molecule has 0 aliphatic carbocycles. The molecule has 0 unspecified atom stereocenters. The summed E-state index contributed by atoms with van der Waals surface area (Å²) in [6.07, 6.45) is 2.06. The third-order valence-electron chi connectivity index (χ3n) is 3.92. The summed E-state index contributed by atoms with van der Waals surface area (Å²) in [5.41, 5.74) is 1.27. The van der Waals surface area contributed by atoms with Crippen LogP contribution in [-0.4, -0.2) is 13.0 Å². The molecule has 3 aromatic carbocycles. The molecule has 0 atom stereocenters. The highest BCUT2D eigenvalue weighted by molar-refractivity contribution is 7.86. The summed E-state index contributed by atoms with van der Waals surface area (Å²) < 4.78 is 34.8. The van der Waals surface area contributed by atoms with Gasteiger partial charge in [0.05, 0.1) is 4.90 Å². The van der Waals surface area contributed by atoms with Gasteiger partial charge in [-0.3, -0.25) is 0 Å². The lowest BCUT2D eigenvalue weighted by molar-refractivity contribution is -0.644. The zero-order chi connectivity index (χ0) is 17.9. The molecule has 0 amide bonds. The molecule has 4 aromatic rings. The van der Waals surface area contributed by atoms with E-state index in [1.165, 1.54) is 17.0 Å². The first kappa shape index (κ1) is 17.1. The molecular formula is C20H17NO3S. The highest BCUT2D eigenvalue weighted by atomic mass is 32.2. The molecule has 4 nitrogen and oxygen atoms in total. The van der Waals surface area contributed by atoms with Gasteiger partial charge in [-0.05, 0) is 29.0 Å². The average Bonchev–Trinajstić information content (AvgIpc) is 2.61. The molecule has 0 saturated carbocycles. The number of hydrogen-bond donors (Lipinski definition) is 0. The van der Waals surface area contributed by atoms with E-state index >= 15 is 0 Å². The van der Waals surface area contributed by atoms with Gasteiger partial charge in [-0.2, -0.15) is 0 Å². The smallest absolute Gasteiger partial charge is 0.212 e. The highest BCUT2D eigenvalue weighted by Gasteiger charge is 2.05. The van der Waals surface area contributed by atoms with Crippen LogP contribution in [0.1, 0.15) is 0 Å². The van der Waals surface area contributed by atoms with Crippen molar-refractivity contribution in [3.05, 3.63) is 85.1 Å². The standard InChI is InChI=1S/C10H10N.C10H8O3S/c1-11-8-4-6-9-5-2-3-7-10(9)11;11-14(12,13)10-7-3-5-8-4-1-2-6-9(8)10/h2-8H,1H3;1-7H,(H,11,12,13)/q+1;/p-1. The maximum absolute atomic E-state index is 10.9. The number of aryl methyl sites for hydroxylation is 1. The maximum Gasteiger partial charge on any atom is 0.212 e. The molecule has 126 valence electrons. The van der Waals surface area contributed by atoms with Gasteiger partial charge in [0.1, 0.15) is 17.2 Å². The van der Waals surface area contributed by atoms with Crippen molar-refractivity contribution in [2.75, 3.05) is 0 Å². The van der Waals surface area contributed by atoms with Gasteiger partial charge < -0.3 is 4.55 Å². The summed E-state index contributed by atoms with van der Waals surface area (Å²) >= 11 is 0. The predicted octanol–water partition coefficient (Wildman–Crippen LogP) is 3.41. The Labute approximate surface area is 146 Å². The van der Waals surface area contributed by atoms with Crippen LogP contribution in [0.3, 0.4) is 0 Å². The summed E-state index contributed by atoms with van der Waals surface area (Å²) in [4.78, 5) is -0.157. The quantitative estimate of drug-likeness (QED) is 0.390. The molecular weight excluding hydrogens is 334 g/mol. The molecule has 25 heavy (non-hydrogen) atoms. The molecule has 0 bridgehead atoms. The first-order valence-corrected chi connectivity index (χ1v) is 9.15. The number of benzene rings is 3. The molecule has 0 aliphatic heterocycles. The van der Waals surface area contributed by atoms with Crippen LogP contribution in [0.5, 0.6) is 0 Å². The zero-order valence-electron chi connectivity index (χ0n) is 13.7. The number of nitrogens with zero attached hydrogens (tertiary/aromatic N) is 1. The van der Waals surface area contributed by atoms with E-state index in [-0.39, 0.29) is 4.90 Å². The van der Waals surface area contributed by atoms with E-state index in [0.717, 1.165) is 5.39 Å². The SMILES string of the molecule is C[n+]1cccc2ccccc21.O=S(=O)([O-])c1cccc2ccccc12. The van der Waals surface area contributed by atoms with Gasteiger partial charge >= 0.3 is 0 Å². The van der Waals surface area contributed by atoms with Crippen LogP contribution < -0.4 is 4.57 Å². The van der Waals surface area contributed by atoms with Gasteiger partial charge in [-0.1, -0.05) is 48.5 Å². The molecule has 0 fully saturated rings. The Kier molecular flexibility index (Phi) is 4.79. The Morgan fingerprint density at radius 2 is 1.36 bits per heavy atom. The van der Waals surface area contributed by atoms with Crippen molar-refractivity contribution in [2.45, 2.75) is 4.90 Å². The van der Waals surface area contributed by atoms with E-state index < -0.39 is 10.1 Å². The van der Waals surface area contributed by atoms with Crippen molar-refractivity contribution < 1.29 is 17.5 Å². The van der Waals surface area contributed by atoms with Crippen molar-refractivity contribution in [1.29, 1.82) is 0 Å². The summed E-state index contributed by atoms with van der Waals surface area (Å²) in [6, 6.07) is 24.1. The van der Waals surface area contributed by atoms with Crippen molar-refractivity contribution in [3.63, 3.8) is 0 Å². The number of para-hydroxylation sites is 1. The van der Waals surface area contributed by atoms with Crippen LogP contribution in [-0.2, 0) is 17.2 Å². The van der Waals surface area contributed by atoms with E-state index in [0.29, 0.717) is 5.39 Å². The van der Waals surface area contributed by atoms with Crippen molar-refractivity contribution in [1.82, 2.24) is 0 Å². The minimum Gasteiger partial charge on any atom is -0.744 e. The van der Waals surface area contributed by atoms with Crippen molar-refractivity contribution in [2.24, 2.45) is 7.05 Å². The fourth-order valence-corrected chi connectivity index (χ4v) is 3.42. The van der Waals surface area contributed by atoms with Gasteiger partial charge in [-0.25, -0.2) is 13.0 Å². The normalized spacial score (nSPS) is 11.1. The molecule has 5 heteroatoms. The molecule has 0 radical (unpaired) electrons. The minimum absolute atomic E-state index is 0.157. The molecule has 1 aromatic heterocycles. The summed E-state index contributed by atoms with van der Waals surface area (Å²) in [6.45, 7) is 0. The zero-order valence-corrected chi connectivity index (χ0v) is 14.5. The van der Waals surface area contributed by atoms with Gasteiger partial charge in [0.2, 0.25) is 5.52 Å².